The summed E-state index contributed by atoms with van der Waals surface area (Å²) in [4.78, 5) is 0. The van der Waals surface area contributed by atoms with E-state index in [1.165, 1.54) is 0 Å². The summed E-state index contributed by atoms with van der Waals surface area (Å²) in [6, 6.07) is 11.7. The summed E-state index contributed by atoms with van der Waals surface area (Å²) in [5.41, 5.74) is 1.15. The minimum Gasteiger partial charge on any atom is -0.491 e. The Morgan fingerprint density at radius 3 is 2.79 bits per heavy atom. The van der Waals surface area contributed by atoms with E-state index < -0.39 is 0 Å². The SMILES string of the molecule is CNCc1ccccc1OCCOCc1ccco1. The van der Waals surface area contributed by atoms with Crippen LogP contribution in [0.1, 0.15) is 11.3 Å². The van der Waals surface area contributed by atoms with Crippen LogP contribution in [-0.4, -0.2) is 20.3 Å². The third-order valence-electron chi connectivity index (χ3n) is 2.65. The highest BCUT2D eigenvalue weighted by Crippen LogP contribution is 2.17. The summed E-state index contributed by atoms with van der Waals surface area (Å²) in [7, 11) is 1.92. The highest BCUT2D eigenvalue weighted by Gasteiger charge is 2.01. The Morgan fingerprint density at radius 1 is 1.11 bits per heavy atom. The Kier molecular flexibility index (Phi) is 5.47. The third kappa shape index (κ3) is 4.43. The predicted octanol–water partition coefficient (Wildman–Crippen LogP) is 2.59. The molecule has 1 N–H and O–H groups in total. The van der Waals surface area contributed by atoms with Gasteiger partial charge in [0.2, 0.25) is 0 Å². The molecule has 0 bridgehead atoms. The molecule has 19 heavy (non-hydrogen) atoms. The molecule has 2 aromatic rings. The number of rotatable bonds is 8. The van der Waals surface area contributed by atoms with Gasteiger partial charge < -0.3 is 19.2 Å². The highest BCUT2D eigenvalue weighted by atomic mass is 16.5. The molecule has 0 aliphatic heterocycles. The first kappa shape index (κ1) is 13.6. The van der Waals surface area contributed by atoms with Crippen LogP contribution in [0.5, 0.6) is 5.75 Å². The van der Waals surface area contributed by atoms with Crippen LogP contribution >= 0.6 is 0 Å². The second-order valence-corrected chi connectivity index (χ2v) is 4.12. The Labute approximate surface area is 113 Å². The van der Waals surface area contributed by atoms with Gasteiger partial charge in [-0.1, -0.05) is 18.2 Å². The van der Waals surface area contributed by atoms with E-state index in [1.807, 2.05) is 37.4 Å². The van der Waals surface area contributed by atoms with Crippen molar-refractivity contribution < 1.29 is 13.9 Å². The van der Waals surface area contributed by atoms with Crippen LogP contribution in [0, 0.1) is 0 Å². The molecule has 0 atom stereocenters. The molecule has 0 saturated heterocycles. The zero-order valence-electron chi connectivity index (χ0n) is 11.1. The van der Waals surface area contributed by atoms with Gasteiger partial charge >= 0.3 is 0 Å². The van der Waals surface area contributed by atoms with Gasteiger partial charge in [-0.2, -0.15) is 0 Å². The minimum atomic E-state index is 0.481. The molecule has 0 fully saturated rings. The number of para-hydroxylation sites is 1. The summed E-state index contributed by atoms with van der Waals surface area (Å²) in [6.45, 7) is 2.34. The maximum Gasteiger partial charge on any atom is 0.129 e. The van der Waals surface area contributed by atoms with Crippen molar-refractivity contribution in [3.05, 3.63) is 54.0 Å². The van der Waals surface area contributed by atoms with Gasteiger partial charge in [-0.25, -0.2) is 0 Å². The molecule has 4 heteroatoms. The van der Waals surface area contributed by atoms with Gasteiger partial charge in [0.05, 0.1) is 12.9 Å². The second kappa shape index (κ2) is 7.61. The molecule has 0 aliphatic carbocycles. The summed E-state index contributed by atoms with van der Waals surface area (Å²) < 4.78 is 16.4. The van der Waals surface area contributed by atoms with Crippen LogP contribution in [0.4, 0.5) is 0 Å². The summed E-state index contributed by atoms with van der Waals surface area (Å²) in [5, 5.41) is 3.12. The number of hydrogen-bond donors (Lipinski definition) is 1. The second-order valence-electron chi connectivity index (χ2n) is 4.12. The van der Waals surface area contributed by atoms with Crippen molar-refractivity contribution in [3.8, 4) is 5.75 Å². The number of hydrogen-bond acceptors (Lipinski definition) is 4. The molecule has 1 aromatic carbocycles. The summed E-state index contributed by atoms with van der Waals surface area (Å²) >= 11 is 0. The molecule has 2 rings (SSSR count). The molecule has 0 unspecified atom stereocenters. The topological polar surface area (TPSA) is 43.6 Å². The Bertz CT molecular complexity index is 468. The Balaban J connectivity index is 1.70. The fourth-order valence-electron chi connectivity index (χ4n) is 1.76. The maximum absolute atomic E-state index is 5.71. The maximum atomic E-state index is 5.71. The first-order chi connectivity index (χ1) is 9.40. The molecule has 0 saturated carbocycles. The Hall–Kier alpha value is -1.78. The van der Waals surface area contributed by atoms with E-state index in [0.717, 1.165) is 23.6 Å². The first-order valence-corrected chi connectivity index (χ1v) is 6.35. The van der Waals surface area contributed by atoms with E-state index in [9.17, 15) is 0 Å². The van der Waals surface area contributed by atoms with Crippen LogP contribution in [0.25, 0.3) is 0 Å². The summed E-state index contributed by atoms with van der Waals surface area (Å²) in [6.07, 6.45) is 1.64. The van der Waals surface area contributed by atoms with Crippen molar-refractivity contribution in [2.45, 2.75) is 13.2 Å². The zero-order valence-corrected chi connectivity index (χ0v) is 11.1. The van der Waals surface area contributed by atoms with Crippen LogP contribution in [0.3, 0.4) is 0 Å². The third-order valence-corrected chi connectivity index (χ3v) is 2.65. The molecule has 0 spiro atoms. The lowest BCUT2D eigenvalue weighted by Gasteiger charge is -2.11. The highest BCUT2D eigenvalue weighted by molar-refractivity contribution is 5.33. The number of benzene rings is 1. The number of furan rings is 1. The average molecular weight is 261 g/mol. The van der Waals surface area contributed by atoms with Gasteiger partial charge in [0.15, 0.2) is 0 Å². The molecule has 0 radical (unpaired) electrons. The summed E-state index contributed by atoms with van der Waals surface area (Å²) in [5.74, 6) is 1.73. The van der Waals surface area contributed by atoms with E-state index >= 15 is 0 Å². The monoisotopic (exact) mass is 261 g/mol. The zero-order chi connectivity index (χ0) is 13.3. The molecule has 1 aromatic heterocycles. The van der Waals surface area contributed by atoms with E-state index in [1.54, 1.807) is 6.26 Å². The number of nitrogens with one attached hydrogen (secondary N) is 1. The quantitative estimate of drug-likeness (QED) is 0.742. The molecule has 102 valence electrons. The normalized spacial score (nSPS) is 10.6. The van der Waals surface area contributed by atoms with Crippen LogP contribution in [0.2, 0.25) is 0 Å². The van der Waals surface area contributed by atoms with Crippen molar-refractivity contribution in [3.63, 3.8) is 0 Å². The predicted molar refractivity (Wildman–Crippen MR) is 73.1 cm³/mol. The van der Waals surface area contributed by atoms with E-state index in [0.29, 0.717) is 19.8 Å². The number of ether oxygens (including phenoxy) is 2. The average Bonchev–Trinajstić information content (AvgIpc) is 2.94. The molecule has 0 aliphatic rings. The molecule has 1 heterocycles. The lowest BCUT2D eigenvalue weighted by Crippen LogP contribution is -2.10. The van der Waals surface area contributed by atoms with Crippen molar-refractivity contribution in [2.24, 2.45) is 0 Å². The minimum absolute atomic E-state index is 0.481. The van der Waals surface area contributed by atoms with Gasteiger partial charge in [0.25, 0.3) is 0 Å². The van der Waals surface area contributed by atoms with Gasteiger partial charge in [-0.05, 0) is 25.2 Å². The van der Waals surface area contributed by atoms with E-state index in [-0.39, 0.29) is 0 Å². The smallest absolute Gasteiger partial charge is 0.129 e. The fourth-order valence-corrected chi connectivity index (χ4v) is 1.76. The Morgan fingerprint density at radius 2 is 2.00 bits per heavy atom. The van der Waals surface area contributed by atoms with Crippen LogP contribution in [-0.2, 0) is 17.9 Å². The molecular formula is C15H19NO3. The van der Waals surface area contributed by atoms with Crippen molar-refractivity contribution in [2.75, 3.05) is 20.3 Å². The van der Waals surface area contributed by atoms with Crippen molar-refractivity contribution in [1.82, 2.24) is 5.32 Å². The molecule has 0 amide bonds. The van der Waals surface area contributed by atoms with Gasteiger partial charge in [-0.15, -0.1) is 0 Å². The van der Waals surface area contributed by atoms with Gasteiger partial charge in [0, 0.05) is 12.1 Å². The van der Waals surface area contributed by atoms with E-state index in [2.05, 4.69) is 11.4 Å². The van der Waals surface area contributed by atoms with Crippen molar-refractivity contribution in [1.29, 1.82) is 0 Å². The fraction of sp³-hybridized carbons (Fsp3) is 0.333. The lowest BCUT2D eigenvalue weighted by atomic mass is 10.2. The molecule has 4 nitrogen and oxygen atoms in total. The van der Waals surface area contributed by atoms with Crippen LogP contribution in [0.15, 0.2) is 47.1 Å². The van der Waals surface area contributed by atoms with Crippen molar-refractivity contribution >= 4 is 0 Å². The largest absolute Gasteiger partial charge is 0.491 e. The first-order valence-electron chi connectivity index (χ1n) is 6.35. The van der Waals surface area contributed by atoms with Gasteiger partial charge in [-0.3, -0.25) is 0 Å². The lowest BCUT2D eigenvalue weighted by molar-refractivity contribution is 0.0778. The van der Waals surface area contributed by atoms with Gasteiger partial charge in [0.1, 0.15) is 24.7 Å². The van der Waals surface area contributed by atoms with E-state index in [4.69, 9.17) is 13.9 Å². The molecular weight excluding hydrogens is 242 g/mol. The standard InChI is InChI=1S/C15H19NO3/c1-16-11-13-5-2-3-7-15(13)19-10-9-17-12-14-6-4-8-18-14/h2-8,16H,9-12H2,1H3. The van der Waals surface area contributed by atoms with Crippen LogP contribution < -0.4 is 10.1 Å².